The van der Waals surface area contributed by atoms with Gasteiger partial charge in [-0.1, -0.05) is 0 Å². The van der Waals surface area contributed by atoms with Gasteiger partial charge >= 0.3 is 0 Å². The molecule has 7 heteroatoms. The van der Waals surface area contributed by atoms with E-state index in [9.17, 15) is 0 Å². The summed E-state index contributed by atoms with van der Waals surface area (Å²) in [4.78, 5) is 7.88. The van der Waals surface area contributed by atoms with Gasteiger partial charge in [0.15, 0.2) is 0 Å². The second kappa shape index (κ2) is 3.23. The molecule has 0 saturated heterocycles. The Labute approximate surface area is 73.1 Å². The summed E-state index contributed by atoms with van der Waals surface area (Å²) in [6.07, 6.45) is 4.43. The number of nitrogens with zero attached hydrogens (tertiary/aromatic N) is 6. The molecule has 7 nitrogen and oxygen atoms in total. The van der Waals surface area contributed by atoms with Gasteiger partial charge in [0.25, 0.3) is 5.95 Å². The number of aromatic nitrogens is 6. The van der Waals surface area contributed by atoms with Gasteiger partial charge in [0.2, 0.25) is 0 Å². The molecule has 66 valence electrons. The van der Waals surface area contributed by atoms with Crippen LogP contribution in [-0.2, 0) is 6.61 Å². The molecule has 0 aliphatic rings. The van der Waals surface area contributed by atoms with Crippen LogP contribution in [0.5, 0.6) is 0 Å². The lowest BCUT2D eigenvalue weighted by Crippen LogP contribution is -2.02. The van der Waals surface area contributed by atoms with Crippen LogP contribution in [0.1, 0.15) is 5.56 Å². The van der Waals surface area contributed by atoms with E-state index in [4.69, 9.17) is 5.11 Å². The molecule has 0 aliphatic carbocycles. The van der Waals surface area contributed by atoms with Gasteiger partial charge in [-0.25, -0.2) is 9.97 Å². The van der Waals surface area contributed by atoms with Crippen molar-refractivity contribution in [2.45, 2.75) is 6.61 Å². The average molecular weight is 178 g/mol. The molecule has 0 aliphatic heterocycles. The first-order chi connectivity index (χ1) is 6.40. The minimum atomic E-state index is -0.0735. The first-order valence-electron chi connectivity index (χ1n) is 3.55. The Morgan fingerprint density at radius 1 is 1.31 bits per heavy atom. The van der Waals surface area contributed by atoms with Crippen LogP contribution < -0.4 is 0 Å². The fourth-order valence-corrected chi connectivity index (χ4v) is 0.801. The van der Waals surface area contributed by atoms with E-state index < -0.39 is 0 Å². The van der Waals surface area contributed by atoms with Crippen LogP contribution in [0, 0.1) is 0 Å². The van der Waals surface area contributed by atoms with Crippen molar-refractivity contribution in [1.82, 2.24) is 30.2 Å². The van der Waals surface area contributed by atoms with E-state index in [1.54, 1.807) is 0 Å². The Hall–Kier alpha value is -1.89. The number of hydrogen-bond donors (Lipinski definition) is 1. The maximum atomic E-state index is 8.73. The summed E-state index contributed by atoms with van der Waals surface area (Å²) in [5.74, 6) is 0.377. The van der Waals surface area contributed by atoms with E-state index >= 15 is 0 Å². The molecule has 0 aromatic carbocycles. The van der Waals surface area contributed by atoms with E-state index in [0.29, 0.717) is 11.5 Å². The number of tetrazole rings is 1. The van der Waals surface area contributed by atoms with E-state index in [2.05, 4.69) is 25.5 Å². The lowest BCUT2D eigenvalue weighted by Gasteiger charge is -1.97. The van der Waals surface area contributed by atoms with Crippen LogP contribution in [-0.4, -0.2) is 35.3 Å². The lowest BCUT2D eigenvalue weighted by atomic mass is 10.4. The molecule has 13 heavy (non-hydrogen) atoms. The Morgan fingerprint density at radius 3 is 2.62 bits per heavy atom. The summed E-state index contributed by atoms with van der Waals surface area (Å²) in [6.45, 7) is -0.0735. The van der Waals surface area contributed by atoms with E-state index in [-0.39, 0.29) is 6.61 Å². The van der Waals surface area contributed by atoms with E-state index in [1.807, 2.05) is 0 Å². The minimum Gasteiger partial charge on any atom is -0.392 e. The number of aliphatic hydroxyl groups is 1. The molecule has 0 atom stereocenters. The van der Waals surface area contributed by atoms with Crippen molar-refractivity contribution in [1.29, 1.82) is 0 Å². The molecule has 1 N–H and O–H groups in total. The van der Waals surface area contributed by atoms with Crippen molar-refractivity contribution < 1.29 is 5.11 Å². The second-order valence-corrected chi connectivity index (χ2v) is 2.30. The third-order valence-corrected chi connectivity index (χ3v) is 1.43. The van der Waals surface area contributed by atoms with Crippen LogP contribution in [0.15, 0.2) is 18.7 Å². The molecular formula is C6H6N6O. The highest BCUT2D eigenvalue weighted by atomic mass is 16.3. The van der Waals surface area contributed by atoms with Gasteiger partial charge in [0, 0.05) is 18.0 Å². The van der Waals surface area contributed by atoms with E-state index in [1.165, 1.54) is 23.4 Å². The summed E-state index contributed by atoms with van der Waals surface area (Å²) >= 11 is 0. The number of rotatable bonds is 2. The van der Waals surface area contributed by atoms with Gasteiger partial charge in [-0.3, -0.25) is 0 Å². The molecule has 2 aromatic rings. The standard InChI is InChI=1S/C6H6N6O/c13-3-5-1-7-6(8-2-5)12-4-9-10-11-12/h1-2,4,13H,3H2. The van der Waals surface area contributed by atoms with Crippen LogP contribution in [0.25, 0.3) is 5.95 Å². The lowest BCUT2D eigenvalue weighted by molar-refractivity contribution is 0.281. The minimum absolute atomic E-state index is 0.0735. The smallest absolute Gasteiger partial charge is 0.253 e. The van der Waals surface area contributed by atoms with Crippen molar-refractivity contribution in [3.8, 4) is 5.95 Å². The zero-order chi connectivity index (χ0) is 9.10. The highest BCUT2D eigenvalue weighted by Gasteiger charge is 2.00. The van der Waals surface area contributed by atoms with Crippen LogP contribution in [0.3, 0.4) is 0 Å². The Balaban J connectivity index is 2.33. The zero-order valence-corrected chi connectivity index (χ0v) is 6.57. The van der Waals surface area contributed by atoms with Crippen LogP contribution in [0.2, 0.25) is 0 Å². The molecule has 0 amide bonds. The summed E-state index contributed by atoms with van der Waals surface area (Å²) in [6, 6.07) is 0. The SMILES string of the molecule is OCc1cnc(-n2cnnn2)nc1. The van der Waals surface area contributed by atoms with Crippen LogP contribution in [0.4, 0.5) is 0 Å². The fourth-order valence-electron chi connectivity index (χ4n) is 0.801. The quantitative estimate of drug-likeness (QED) is 0.630. The fraction of sp³-hybridized carbons (Fsp3) is 0.167. The average Bonchev–Trinajstić information content (AvgIpc) is 2.71. The number of aliphatic hydroxyl groups excluding tert-OH is 1. The third kappa shape index (κ3) is 1.49. The predicted octanol–water partition coefficient (Wildman–Crippen LogP) is -1.06. The van der Waals surface area contributed by atoms with Crippen molar-refractivity contribution in [3.05, 3.63) is 24.3 Å². The van der Waals surface area contributed by atoms with Gasteiger partial charge in [-0.05, 0) is 10.4 Å². The van der Waals surface area contributed by atoms with Crippen molar-refractivity contribution >= 4 is 0 Å². The first-order valence-corrected chi connectivity index (χ1v) is 3.55. The van der Waals surface area contributed by atoms with Crippen LogP contribution >= 0.6 is 0 Å². The zero-order valence-electron chi connectivity index (χ0n) is 6.57. The summed E-state index contributed by atoms with van der Waals surface area (Å²) in [7, 11) is 0. The number of hydrogen-bond acceptors (Lipinski definition) is 6. The van der Waals surface area contributed by atoms with Gasteiger partial charge in [0.05, 0.1) is 6.61 Å². The Bertz CT molecular complexity index is 369. The second-order valence-electron chi connectivity index (χ2n) is 2.30. The molecular weight excluding hydrogens is 172 g/mol. The highest BCUT2D eigenvalue weighted by Crippen LogP contribution is 1.97. The van der Waals surface area contributed by atoms with Gasteiger partial charge in [-0.15, -0.1) is 5.10 Å². The Morgan fingerprint density at radius 2 is 2.08 bits per heavy atom. The molecule has 0 unspecified atom stereocenters. The predicted molar refractivity (Wildman–Crippen MR) is 40.7 cm³/mol. The molecule has 0 saturated carbocycles. The van der Waals surface area contributed by atoms with Crippen molar-refractivity contribution in [3.63, 3.8) is 0 Å². The molecule has 0 radical (unpaired) electrons. The topological polar surface area (TPSA) is 89.6 Å². The molecule has 2 heterocycles. The normalized spacial score (nSPS) is 10.2. The van der Waals surface area contributed by atoms with Gasteiger partial charge in [0.1, 0.15) is 6.33 Å². The van der Waals surface area contributed by atoms with Gasteiger partial charge in [-0.2, -0.15) is 4.68 Å². The largest absolute Gasteiger partial charge is 0.392 e. The van der Waals surface area contributed by atoms with Crippen molar-refractivity contribution in [2.24, 2.45) is 0 Å². The maximum absolute atomic E-state index is 8.73. The molecule has 0 bridgehead atoms. The summed E-state index contributed by atoms with van der Waals surface area (Å²) in [5.41, 5.74) is 0.650. The summed E-state index contributed by atoms with van der Waals surface area (Å²) < 4.78 is 1.33. The maximum Gasteiger partial charge on any atom is 0.253 e. The van der Waals surface area contributed by atoms with Crippen molar-refractivity contribution in [2.75, 3.05) is 0 Å². The van der Waals surface area contributed by atoms with Gasteiger partial charge < -0.3 is 5.11 Å². The first kappa shape index (κ1) is 7.74. The molecule has 2 rings (SSSR count). The Kier molecular flexibility index (Phi) is 1.93. The third-order valence-electron chi connectivity index (χ3n) is 1.43. The molecule has 2 aromatic heterocycles. The monoisotopic (exact) mass is 178 g/mol. The summed E-state index contributed by atoms with van der Waals surface area (Å²) in [5, 5.41) is 19.2. The van der Waals surface area contributed by atoms with E-state index in [0.717, 1.165) is 0 Å². The molecule has 0 spiro atoms. The molecule has 0 fully saturated rings. The highest BCUT2D eigenvalue weighted by molar-refractivity contribution is 5.11.